The van der Waals surface area contributed by atoms with Crippen molar-refractivity contribution in [2.45, 2.75) is 33.2 Å². The van der Waals surface area contributed by atoms with Crippen molar-refractivity contribution in [1.82, 2.24) is 5.32 Å². The van der Waals surface area contributed by atoms with Crippen LogP contribution in [0.1, 0.15) is 37.6 Å². The molecule has 0 radical (unpaired) electrons. The van der Waals surface area contributed by atoms with E-state index in [-0.39, 0.29) is 37.1 Å². The van der Waals surface area contributed by atoms with Gasteiger partial charge in [0.05, 0.1) is 19.6 Å². The van der Waals surface area contributed by atoms with Gasteiger partial charge in [-0.25, -0.2) is 4.79 Å². The van der Waals surface area contributed by atoms with Crippen molar-refractivity contribution < 1.29 is 19.1 Å². The molecule has 1 amide bonds. The van der Waals surface area contributed by atoms with Crippen LogP contribution in [0.2, 0.25) is 0 Å². The first-order valence-electron chi connectivity index (χ1n) is 6.92. The Morgan fingerprint density at radius 2 is 2.05 bits per heavy atom. The Kier molecular flexibility index (Phi) is 6.52. The van der Waals surface area contributed by atoms with E-state index in [0.29, 0.717) is 11.4 Å². The lowest BCUT2D eigenvalue weighted by Gasteiger charge is -2.12. The second-order valence-electron chi connectivity index (χ2n) is 4.80. The first-order chi connectivity index (χ1) is 9.93. The van der Waals surface area contributed by atoms with Crippen LogP contribution in [-0.4, -0.2) is 31.1 Å². The van der Waals surface area contributed by atoms with Crippen LogP contribution in [0, 0.1) is 0 Å². The summed E-state index contributed by atoms with van der Waals surface area (Å²) in [6, 6.07) is 4.82. The molecule has 6 nitrogen and oxygen atoms in total. The van der Waals surface area contributed by atoms with Gasteiger partial charge in [-0.05, 0) is 39.0 Å². The third-order valence-corrected chi connectivity index (χ3v) is 2.54. The molecule has 0 unspecified atom stereocenters. The topological polar surface area (TPSA) is 90.7 Å². The first-order valence-corrected chi connectivity index (χ1v) is 6.92. The maximum atomic E-state index is 11.8. The van der Waals surface area contributed by atoms with Crippen molar-refractivity contribution in [3.05, 3.63) is 23.8 Å². The molecule has 0 aromatic heterocycles. The molecule has 0 heterocycles. The Morgan fingerprint density at radius 3 is 2.67 bits per heavy atom. The Bertz CT molecular complexity index is 500. The summed E-state index contributed by atoms with van der Waals surface area (Å²) in [5, 5.41) is 2.77. The number of nitrogen functional groups attached to an aromatic ring is 1. The van der Waals surface area contributed by atoms with E-state index in [1.165, 1.54) is 6.07 Å². The highest BCUT2D eigenvalue weighted by Crippen LogP contribution is 2.22. The number of esters is 1. The summed E-state index contributed by atoms with van der Waals surface area (Å²) in [5.74, 6) is -0.232. The lowest BCUT2D eigenvalue weighted by atomic mass is 10.2. The minimum atomic E-state index is -0.494. The van der Waals surface area contributed by atoms with Crippen molar-refractivity contribution in [2.24, 2.45) is 0 Å². The summed E-state index contributed by atoms with van der Waals surface area (Å²) in [6.45, 7) is 5.94. The number of hydrogen-bond donors (Lipinski definition) is 2. The van der Waals surface area contributed by atoms with Crippen LogP contribution < -0.4 is 15.8 Å². The predicted octanol–water partition coefficient (Wildman–Crippen LogP) is 1.74. The quantitative estimate of drug-likeness (QED) is 0.590. The number of anilines is 1. The van der Waals surface area contributed by atoms with Crippen molar-refractivity contribution in [3.8, 4) is 5.75 Å². The molecule has 0 saturated carbocycles. The fourth-order valence-corrected chi connectivity index (χ4v) is 1.69. The van der Waals surface area contributed by atoms with Crippen LogP contribution in [0.5, 0.6) is 5.75 Å². The van der Waals surface area contributed by atoms with Crippen LogP contribution in [-0.2, 0) is 9.53 Å². The zero-order chi connectivity index (χ0) is 15.8. The third-order valence-electron chi connectivity index (χ3n) is 2.54. The number of carbonyl (C=O) groups excluding carboxylic acids is 2. The molecule has 116 valence electrons. The molecule has 0 saturated heterocycles. The van der Waals surface area contributed by atoms with Crippen LogP contribution in [0.15, 0.2) is 18.2 Å². The molecule has 6 heteroatoms. The summed E-state index contributed by atoms with van der Waals surface area (Å²) < 4.78 is 10.4. The number of rotatable bonds is 7. The largest absolute Gasteiger partial charge is 0.492 e. The predicted molar refractivity (Wildman–Crippen MR) is 80.2 cm³/mol. The van der Waals surface area contributed by atoms with Gasteiger partial charge < -0.3 is 20.5 Å². The van der Waals surface area contributed by atoms with Gasteiger partial charge in [0, 0.05) is 11.7 Å². The lowest BCUT2D eigenvalue weighted by molar-refractivity contribution is -0.122. The van der Waals surface area contributed by atoms with E-state index in [9.17, 15) is 9.59 Å². The summed E-state index contributed by atoms with van der Waals surface area (Å²) in [6.07, 6.45) is 0.213. The van der Waals surface area contributed by atoms with Gasteiger partial charge >= 0.3 is 5.97 Å². The molecule has 1 aromatic rings. The zero-order valence-corrected chi connectivity index (χ0v) is 12.6. The zero-order valence-electron chi connectivity index (χ0n) is 12.6. The fourth-order valence-electron chi connectivity index (χ4n) is 1.69. The Morgan fingerprint density at radius 1 is 1.33 bits per heavy atom. The second kappa shape index (κ2) is 8.14. The maximum absolute atomic E-state index is 11.8. The monoisotopic (exact) mass is 294 g/mol. The fraction of sp³-hybridized carbons (Fsp3) is 0.467. The molecule has 1 rings (SSSR count). The minimum Gasteiger partial charge on any atom is -0.492 e. The van der Waals surface area contributed by atoms with Crippen molar-refractivity contribution >= 4 is 17.6 Å². The average Bonchev–Trinajstić information content (AvgIpc) is 2.39. The molecular weight excluding hydrogens is 272 g/mol. The standard InChI is InChI=1S/C15H22N2O4/c1-4-20-15(19)12-9-11(16)5-6-13(12)21-8-7-14(18)17-10(2)3/h5-6,9-10H,4,7-8,16H2,1-3H3,(H,17,18). The Labute approximate surface area is 124 Å². The summed E-state index contributed by atoms with van der Waals surface area (Å²) in [7, 11) is 0. The highest BCUT2D eigenvalue weighted by Gasteiger charge is 2.14. The number of carbonyl (C=O) groups is 2. The smallest absolute Gasteiger partial charge is 0.341 e. The highest BCUT2D eigenvalue weighted by molar-refractivity contribution is 5.93. The summed E-state index contributed by atoms with van der Waals surface area (Å²) in [5.41, 5.74) is 6.38. The number of hydrogen-bond acceptors (Lipinski definition) is 5. The van der Waals surface area contributed by atoms with Gasteiger partial charge in [0.15, 0.2) is 0 Å². The molecule has 1 aromatic carbocycles. The van der Waals surface area contributed by atoms with E-state index in [1.54, 1.807) is 19.1 Å². The van der Waals surface area contributed by atoms with Gasteiger partial charge in [0.2, 0.25) is 5.91 Å². The number of amides is 1. The van der Waals surface area contributed by atoms with Crippen LogP contribution in [0.3, 0.4) is 0 Å². The number of benzene rings is 1. The molecular formula is C15H22N2O4. The molecule has 0 spiro atoms. The lowest BCUT2D eigenvalue weighted by Crippen LogP contribution is -2.31. The van der Waals surface area contributed by atoms with E-state index < -0.39 is 5.97 Å². The molecule has 0 atom stereocenters. The van der Waals surface area contributed by atoms with Crippen LogP contribution in [0.25, 0.3) is 0 Å². The van der Waals surface area contributed by atoms with Crippen LogP contribution >= 0.6 is 0 Å². The maximum Gasteiger partial charge on any atom is 0.341 e. The van der Waals surface area contributed by atoms with E-state index in [4.69, 9.17) is 15.2 Å². The third kappa shape index (κ3) is 5.72. The van der Waals surface area contributed by atoms with Crippen molar-refractivity contribution in [1.29, 1.82) is 0 Å². The first kappa shape index (κ1) is 16.8. The molecule has 3 N–H and O–H groups in total. The molecule has 0 aliphatic heterocycles. The number of nitrogens with one attached hydrogen (secondary N) is 1. The number of nitrogens with two attached hydrogens (primary N) is 1. The van der Waals surface area contributed by atoms with Gasteiger partial charge in [0.25, 0.3) is 0 Å². The Balaban J connectivity index is 2.66. The SMILES string of the molecule is CCOC(=O)c1cc(N)ccc1OCCC(=O)NC(C)C. The van der Waals surface area contributed by atoms with Gasteiger partial charge in [-0.1, -0.05) is 0 Å². The van der Waals surface area contributed by atoms with E-state index in [1.807, 2.05) is 13.8 Å². The van der Waals surface area contributed by atoms with Crippen molar-refractivity contribution in [3.63, 3.8) is 0 Å². The van der Waals surface area contributed by atoms with E-state index in [0.717, 1.165) is 0 Å². The minimum absolute atomic E-state index is 0.0871. The summed E-state index contributed by atoms with van der Waals surface area (Å²) >= 11 is 0. The molecule has 0 aliphatic rings. The van der Waals surface area contributed by atoms with E-state index >= 15 is 0 Å². The van der Waals surface area contributed by atoms with Gasteiger partial charge in [-0.15, -0.1) is 0 Å². The Hall–Kier alpha value is -2.24. The van der Waals surface area contributed by atoms with Gasteiger partial charge in [-0.2, -0.15) is 0 Å². The molecule has 0 fully saturated rings. The normalized spacial score (nSPS) is 10.3. The molecule has 0 bridgehead atoms. The van der Waals surface area contributed by atoms with Gasteiger partial charge in [-0.3, -0.25) is 4.79 Å². The van der Waals surface area contributed by atoms with E-state index in [2.05, 4.69) is 5.32 Å². The number of ether oxygens (including phenoxy) is 2. The van der Waals surface area contributed by atoms with Gasteiger partial charge in [0.1, 0.15) is 11.3 Å². The average molecular weight is 294 g/mol. The van der Waals surface area contributed by atoms with Crippen LogP contribution in [0.4, 0.5) is 5.69 Å². The molecule has 0 aliphatic carbocycles. The molecule has 21 heavy (non-hydrogen) atoms. The summed E-state index contributed by atoms with van der Waals surface area (Å²) in [4.78, 5) is 23.3. The van der Waals surface area contributed by atoms with Crippen molar-refractivity contribution in [2.75, 3.05) is 18.9 Å². The highest BCUT2D eigenvalue weighted by atomic mass is 16.5. The second-order valence-corrected chi connectivity index (χ2v) is 4.80.